The van der Waals surface area contributed by atoms with Crippen LogP contribution in [0.4, 0.5) is 13.6 Å². The van der Waals surface area contributed by atoms with Crippen LogP contribution in [0.5, 0.6) is 0 Å². The number of carboxylic acids is 1. The third-order valence-corrected chi connectivity index (χ3v) is 5.22. The van der Waals surface area contributed by atoms with E-state index in [1.807, 2.05) is 0 Å². The van der Waals surface area contributed by atoms with E-state index in [2.05, 4.69) is 9.97 Å². The van der Waals surface area contributed by atoms with Crippen molar-refractivity contribution in [2.45, 2.75) is 19.4 Å². The molecule has 0 bridgehead atoms. The van der Waals surface area contributed by atoms with E-state index in [0.717, 1.165) is 12.1 Å². The molecule has 1 amide bonds. The van der Waals surface area contributed by atoms with E-state index in [4.69, 9.17) is 14.6 Å². The largest absolute Gasteiger partial charge is 0.478 e. The van der Waals surface area contributed by atoms with Crippen molar-refractivity contribution in [2.24, 2.45) is 0 Å². The van der Waals surface area contributed by atoms with Crippen LogP contribution in [0.25, 0.3) is 17.0 Å². The van der Waals surface area contributed by atoms with Crippen molar-refractivity contribution < 1.29 is 33.0 Å². The minimum absolute atomic E-state index is 0.109. The molecular formula is C21H20F2N4O5. The Morgan fingerprint density at radius 1 is 1.28 bits per heavy atom. The van der Waals surface area contributed by atoms with E-state index < -0.39 is 40.9 Å². The third kappa shape index (κ3) is 3.98. The second kappa shape index (κ2) is 8.50. The van der Waals surface area contributed by atoms with Crippen LogP contribution in [0.2, 0.25) is 0 Å². The lowest BCUT2D eigenvalue weighted by Crippen LogP contribution is -2.46. The Bertz CT molecular complexity index is 1190. The summed E-state index contributed by atoms with van der Waals surface area (Å²) in [5.74, 6) is -3.28. The van der Waals surface area contributed by atoms with Gasteiger partial charge in [-0.2, -0.15) is 0 Å². The van der Waals surface area contributed by atoms with Gasteiger partial charge in [-0.25, -0.2) is 28.3 Å². The van der Waals surface area contributed by atoms with Gasteiger partial charge in [0.15, 0.2) is 0 Å². The number of hydrogen-bond donors (Lipinski definition) is 1. The van der Waals surface area contributed by atoms with Crippen LogP contribution in [0, 0.1) is 18.6 Å². The standard InChI is InChI=1S/C21H20F2N4O5/c1-11-3-4-27-18(17-14(22)7-12(19(28)29)8-15(17)23)16(25-20(27)24-11)9-13-10-26(5-6-32-13)21(30)31-2/h3-4,7-8,13H,5-6,9-10H2,1-2H3,(H,28,29)/t13-/m0/s1. The van der Waals surface area contributed by atoms with E-state index in [1.165, 1.54) is 16.4 Å². The van der Waals surface area contributed by atoms with Crippen LogP contribution in [-0.4, -0.2) is 69.3 Å². The summed E-state index contributed by atoms with van der Waals surface area (Å²) in [5, 5.41) is 9.10. The predicted octanol–water partition coefficient (Wildman–Crippen LogP) is 2.69. The number of carbonyl (C=O) groups is 2. The van der Waals surface area contributed by atoms with Gasteiger partial charge in [0.2, 0.25) is 5.78 Å². The summed E-state index contributed by atoms with van der Waals surface area (Å²) in [5.41, 5.74) is 0.161. The monoisotopic (exact) mass is 446 g/mol. The molecule has 1 aromatic carbocycles. The van der Waals surface area contributed by atoms with Gasteiger partial charge in [-0.3, -0.25) is 4.40 Å². The molecular weight excluding hydrogens is 426 g/mol. The summed E-state index contributed by atoms with van der Waals surface area (Å²) < 4.78 is 41.8. The number of imidazole rings is 1. The summed E-state index contributed by atoms with van der Waals surface area (Å²) in [6.45, 7) is 2.61. The number of hydrogen-bond acceptors (Lipinski definition) is 6. The van der Waals surface area contributed by atoms with Gasteiger partial charge in [0.1, 0.15) is 11.6 Å². The van der Waals surface area contributed by atoms with Crippen LogP contribution in [-0.2, 0) is 15.9 Å². The summed E-state index contributed by atoms with van der Waals surface area (Å²) in [6.07, 6.45) is 0.755. The highest BCUT2D eigenvalue weighted by molar-refractivity contribution is 5.88. The van der Waals surface area contributed by atoms with Gasteiger partial charge in [-0.1, -0.05) is 0 Å². The molecule has 11 heteroatoms. The number of aryl methyl sites for hydroxylation is 1. The molecule has 3 aromatic rings. The number of fused-ring (bicyclic) bond motifs is 1. The minimum Gasteiger partial charge on any atom is -0.478 e. The average Bonchev–Trinajstić information content (AvgIpc) is 3.09. The Balaban J connectivity index is 1.80. The Morgan fingerprint density at radius 2 is 2.00 bits per heavy atom. The van der Waals surface area contributed by atoms with Gasteiger partial charge in [-0.05, 0) is 25.1 Å². The number of aromatic carboxylic acids is 1. The van der Waals surface area contributed by atoms with Crippen molar-refractivity contribution in [3.8, 4) is 11.3 Å². The third-order valence-electron chi connectivity index (χ3n) is 5.22. The van der Waals surface area contributed by atoms with Crippen LogP contribution >= 0.6 is 0 Å². The molecule has 1 aliphatic heterocycles. The van der Waals surface area contributed by atoms with E-state index in [-0.39, 0.29) is 31.0 Å². The number of methoxy groups -OCH3 is 1. The maximum Gasteiger partial charge on any atom is 0.409 e. The second-order valence-electron chi connectivity index (χ2n) is 7.38. The highest BCUT2D eigenvalue weighted by Gasteiger charge is 2.29. The van der Waals surface area contributed by atoms with E-state index in [1.54, 1.807) is 19.2 Å². The molecule has 1 N–H and O–H groups in total. The molecule has 0 saturated carbocycles. The first-order valence-electron chi connectivity index (χ1n) is 9.80. The average molecular weight is 446 g/mol. The summed E-state index contributed by atoms with van der Waals surface area (Å²) in [6, 6.07) is 3.20. The Labute approximate surface area is 181 Å². The number of morpholine rings is 1. The first-order valence-corrected chi connectivity index (χ1v) is 9.80. The zero-order valence-corrected chi connectivity index (χ0v) is 17.3. The number of benzene rings is 1. The number of ether oxygens (including phenoxy) is 2. The molecule has 4 rings (SSSR count). The first-order chi connectivity index (χ1) is 15.3. The summed E-state index contributed by atoms with van der Waals surface area (Å²) in [4.78, 5) is 33.3. The molecule has 32 heavy (non-hydrogen) atoms. The zero-order valence-electron chi connectivity index (χ0n) is 17.3. The van der Waals surface area contributed by atoms with Crippen LogP contribution in [0.3, 0.4) is 0 Å². The summed E-state index contributed by atoms with van der Waals surface area (Å²) >= 11 is 0. The van der Waals surface area contributed by atoms with Gasteiger partial charge in [0, 0.05) is 24.9 Å². The summed E-state index contributed by atoms with van der Waals surface area (Å²) in [7, 11) is 1.29. The van der Waals surface area contributed by atoms with Gasteiger partial charge in [-0.15, -0.1) is 0 Å². The van der Waals surface area contributed by atoms with Gasteiger partial charge < -0.3 is 19.5 Å². The lowest BCUT2D eigenvalue weighted by atomic mass is 10.0. The Hall–Kier alpha value is -3.60. The lowest BCUT2D eigenvalue weighted by molar-refractivity contribution is -0.0240. The molecule has 0 aliphatic carbocycles. The van der Waals surface area contributed by atoms with E-state index in [0.29, 0.717) is 17.9 Å². The van der Waals surface area contributed by atoms with Crippen molar-refractivity contribution >= 4 is 17.8 Å². The fraction of sp³-hybridized carbons (Fsp3) is 0.333. The molecule has 1 saturated heterocycles. The maximum absolute atomic E-state index is 14.9. The number of carboxylic acid groups (broad SMARTS) is 1. The molecule has 1 fully saturated rings. The molecule has 0 radical (unpaired) electrons. The highest BCUT2D eigenvalue weighted by Crippen LogP contribution is 2.32. The molecule has 0 spiro atoms. The van der Waals surface area contributed by atoms with Crippen LogP contribution in [0.15, 0.2) is 24.4 Å². The molecule has 2 aromatic heterocycles. The number of nitrogens with zero attached hydrogens (tertiary/aromatic N) is 4. The Kier molecular flexibility index (Phi) is 5.74. The number of amides is 1. The van der Waals surface area contributed by atoms with Crippen molar-refractivity contribution in [1.82, 2.24) is 19.3 Å². The number of rotatable bonds is 4. The van der Waals surface area contributed by atoms with E-state index in [9.17, 15) is 18.4 Å². The van der Waals surface area contributed by atoms with Crippen molar-refractivity contribution in [1.29, 1.82) is 0 Å². The Morgan fingerprint density at radius 3 is 2.66 bits per heavy atom. The quantitative estimate of drug-likeness (QED) is 0.657. The first kappa shape index (κ1) is 21.6. The van der Waals surface area contributed by atoms with Gasteiger partial charge in [0.25, 0.3) is 0 Å². The van der Waals surface area contributed by atoms with Crippen LogP contribution in [0.1, 0.15) is 21.7 Å². The topological polar surface area (TPSA) is 106 Å². The number of carbonyl (C=O) groups excluding carboxylic acids is 1. The van der Waals surface area contributed by atoms with Crippen molar-refractivity contribution in [3.05, 3.63) is 53.0 Å². The SMILES string of the molecule is COC(=O)N1CCO[C@@H](Cc2nc3nc(C)ccn3c2-c2c(F)cc(C(=O)O)cc2F)C1. The fourth-order valence-electron chi connectivity index (χ4n) is 3.75. The molecule has 9 nitrogen and oxygen atoms in total. The molecule has 168 valence electrons. The normalized spacial score (nSPS) is 16.4. The van der Waals surface area contributed by atoms with Crippen LogP contribution < -0.4 is 0 Å². The molecule has 1 aliphatic rings. The van der Waals surface area contributed by atoms with Gasteiger partial charge >= 0.3 is 12.1 Å². The highest BCUT2D eigenvalue weighted by atomic mass is 19.1. The second-order valence-corrected chi connectivity index (χ2v) is 7.38. The van der Waals surface area contributed by atoms with Gasteiger partial charge in [0.05, 0.1) is 48.9 Å². The number of halogens is 2. The van der Waals surface area contributed by atoms with Crippen molar-refractivity contribution in [3.63, 3.8) is 0 Å². The molecule has 1 atom stereocenters. The predicted molar refractivity (Wildman–Crippen MR) is 107 cm³/mol. The van der Waals surface area contributed by atoms with E-state index >= 15 is 0 Å². The minimum atomic E-state index is -1.44. The molecule has 0 unspecified atom stereocenters. The maximum atomic E-state index is 14.9. The number of aromatic nitrogens is 3. The van der Waals surface area contributed by atoms with Crippen molar-refractivity contribution in [2.75, 3.05) is 26.8 Å². The smallest absolute Gasteiger partial charge is 0.409 e. The molecule has 3 heterocycles. The fourth-order valence-corrected chi connectivity index (χ4v) is 3.75. The lowest BCUT2D eigenvalue weighted by Gasteiger charge is -2.31. The zero-order chi connectivity index (χ0) is 23.0.